The van der Waals surface area contributed by atoms with Gasteiger partial charge in [0.15, 0.2) is 6.61 Å². The molecule has 2 rings (SSSR count). The van der Waals surface area contributed by atoms with E-state index in [0.717, 1.165) is 0 Å². The molecule has 1 aromatic rings. The van der Waals surface area contributed by atoms with Crippen LogP contribution in [0.5, 0.6) is 5.75 Å². The molecule has 1 atom stereocenters. The van der Waals surface area contributed by atoms with E-state index in [-0.39, 0.29) is 18.6 Å². The average Bonchev–Trinajstić information content (AvgIpc) is 2.74. The first-order valence-corrected chi connectivity index (χ1v) is 5.30. The Morgan fingerprint density at radius 1 is 1.69 bits per heavy atom. The highest BCUT2D eigenvalue weighted by Gasteiger charge is 2.24. The minimum absolute atomic E-state index is 0.0184. The van der Waals surface area contributed by atoms with Crippen LogP contribution in [0, 0.1) is 6.07 Å². The molecule has 0 bridgehead atoms. The zero-order valence-corrected chi connectivity index (χ0v) is 8.93. The minimum Gasteiger partial charge on any atom is -0.484 e. The normalized spacial score (nSPS) is 19.8. The Kier molecular flexibility index (Phi) is 3.41. The van der Waals surface area contributed by atoms with Crippen LogP contribution < -0.4 is 4.74 Å². The van der Waals surface area contributed by atoms with Crippen molar-refractivity contribution in [3.05, 3.63) is 30.3 Å². The number of likely N-dealkylation sites (tertiary alicyclic amines) is 1. The van der Waals surface area contributed by atoms with E-state index in [4.69, 9.17) is 4.74 Å². The van der Waals surface area contributed by atoms with Crippen LogP contribution in [0.3, 0.4) is 0 Å². The Labute approximate surface area is 94.4 Å². The lowest BCUT2D eigenvalue weighted by Gasteiger charge is -2.15. The summed E-state index contributed by atoms with van der Waals surface area (Å²) in [6.45, 7) is 1.05. The summed E-state index contributed by atoms with van der Waals surface area (Å²) in [6.07, 6.45) is 0.277. The highest BCUT2D eigenvalue weighted by atomic mass is 16.5. The van der Waals surface area contributed by atoms with Gasteiger partial charge in [-0.25, -0.2) is 0 Å². The van der Waals surface area contributed by atoms with Gasteiger partial charge in [0, 0.05) is 13.1 Å². The van der Waals surface area contributed by atoms with Gasteiger partial charge >= 0.3 is 0 Å². The molecule has 1 saturated heterocycles. The SMILES string of the molecule is O=C(COc1c[c]ccc1)N1CCC(O)C1. The van der Waals surface area contributed by atoms with Gasteiger partial charge in [-0.1, -0.05) is 12.1 Å². The summed E-state index contributed by atoms with van der Waals surface area (Å²) in [6, 6.07) is 9.91. The summed E-state index contributed by atoms with van der Waals surface area (Å²) in [7, 11) is 0. The maximum atomic E-state index is 11.6. The van der Waals surface area contributed by atoms with Gasteiger partial charge in [-0.3, -0.25) is 4.79 Å². The summed E-state index contributed by atoms with van der Waals surface area (Å²) in [5.74, 6) is 0.552. The van der Waals surface area contributed by atoms with Gasteiger partial charge in [-0.15, -0.1) is 0 Å². The topological polar surface area (TPSA) is 49.8 Å². The highest BCUT2D eigenvalue weighted by molar-refractivity contribution is 5.78. The van der Waals surface area contributed by atoms with Crippen LogP contribution in [0.1, 0.15) is 6.42 Å². The average molecular weight is 220 g/mol. The quantitative estimate of drug-likeness (QED) is 0.805. The van der Waals surface area contributed by atoms with Crippen LogP contribution in [0.15, 0.2) is 24.3 Å². The van der Waals surface area contributed by atoms with Crippen molar-refractivity contribution in [2.75, 3.05) is 19.7 Å². The standard InChI is InChI=1S/C12H14NO3/c14-10-6-7-13(8-10)12(15)9-16-11-4-2-1-3-5-11/h1-2,4-5,10,14H,6-9H2. The molecular formula is C12H14NO3. The maximum Gasteiger partial charge on any atom is 0.260 e. The van der Waals surface area contributed by atoms with Crippen molar-refractivity contribution in [3.63, 3.8) is 0 Å². The Hall–Kier alpha value is -1.55. The predicted octanol–water partition coefficient (Wildman–Crippen LogP) is 0.459. The summed E-state index contributed by atoms with van der Waals surface area (Å²) in [4.78, 5) is 13.3. The third-order valence-electron chi connectivity index (χ3n) is 2.56. The number of carbonyl (C=O) groups is 1. The molecule has 1 aliphatic rings. The second-order valence-corrected chi connectivity index (χ2v) is 3.81. The smallest absolute Gasteiger partial charge is 0.260 e. The number of β-amino-alcohol motifs (C(OH)–C–C–N with tert-alkyl or cyclic N) is 1. The Morgan fingerprint density at radius 2 is 2.56 bits per heavy atom. The van der Waals surface area contributed by atoms with Crippen molar-refractivity contribution in [1.29, 1.82) is 0 Å². The van der Waals surface area contributed by atoms with Crippen molar-refractivity contribution in [2.45, 2.75) is 12.5 Å². The molecule has 1 amide bonds. The van der Waals surface area contributed by atoms with Crippen molar-refractivity contribution in [1.82, 2.24) is 4.90 Å². The van der Waals surface area contributed by atoms with Gasteiger partial charge in [-0.2, -0.15) is 0 Å². The molecule has 1 aromatic carbocycles. The molecule has 0 saturated carbocycles. The summed E-state index contributed by atoms with van der Waals surface area (Å²) < 4.78 is 5.31. The van der Waals surface area contributed by atoms with E-state index < -0.39 is 0 Å². The largest absolute Gasteiger partial charge is 0.484 e. The van der Waals surface area contributed by atoms with E-state index in [9.17, 15) is 9.90 Å². The van der Waals surface area contributed by atoms with E-state index in [2.05, 4.69) is 6.07 Å². The first kappa shape index (κ1) is 11.0. The van der Waals surface area contributed by atoms with Gasteiger partial charge in [0.05, 0.1) is 6.10 Å². The summed E-state index contributed by atoms with van der Waals surface area (Å²) in [5.41, 5.74) is 0. The molecule has 4 nitrogen and oxygen atoms in total. The van der Waals surface area contributed by atoms with Gasteiger partial charge in [0.1, 0.15) is 5.75 Å². The molecule has 16 heavy (non-hydrogen) atoms. The molecule has 85 valence electrons. The lowest BCUT2D eigenvalue weighted by atomic mass is 10.3. The molecule has 0 aromatic heterocycles. The fourth-order valence-electron chi connectivity index (χ4n) is 1.67. The molecule has 1 radical (unpaired) electrons. The van der Waals surface area contributed by atoms with Gasteiger partial charge in [0.2, 0.25) is 0 Å². The lowest BCUT2D eigenvalue weighted by Crippen LogP contribution is -2.33. The zero-order valence-electron chi connectivity index (χ0n) is 8.93. The van der Waals surface area contributed by atoms with Crippen molar-refractivity contribution in [2.24, 2.45) is 0 Å². The van der Waals surface area contributed by atoms with Gasteiger partial charge in [0.25, 0.3) is 5.91 Å². The number of benzene rings is 1. The molecule has 1 heterocycles. The summed E-state index contributed by atoms with van der Waals surface area (Å²) >= 11 is 0. The Bertz CT molecular complexity index is 353. The number of hydrogen-bond donors (Lipinski definition) is 1. The third-order valence-corrected chi connectivity index (χ3v) is 2.56. The van der Waals surface area contributed by atoms with Crippen LogP contribution in [0.2, 0.25) is 0 Å². The van der Waals surface area contributed by atoms with Gasteiger partial charge < -0.3 is 14.7 Å². The fourth-order valence-corrected chi connectivity index (χ4v) is 1.67. The molecule has 1 fully saturated rings. The van der Waals surface area contributed by atoms with Gasteiger partial charge in [-0.05, 0) is 24.6 Å². The number of aliphatic hydroxyl groups excluding tert-OH is 1. The molecule has 1 unspecified atom stereocenters. The van der Waals surface area contributed by atoms with Crippen LogP contribution in [-0.4, -0.2) is 41.7 Å². The van der Waals surface area contributed by atoms with Crippen molar-refractivity contribution >= 4 is 5.91 Å². The highest BCUT2D eigenvalue weighted by Crippen LogP contribution is 2.11. The zero-order chi connectivity index (χ0) is 11.4. The Morgan fingerprint density at radius 3 is 3.19 bits per heavy atom. The van der Waals surface area contributed by atoms with E-state index >= 15 is 0 Å². The van der Waals surface area contributed by atoms with E-state index in [0.29, 0.717) is 25.3 Å². The first-order valence-electron chi connectivity index (χ1n) is 5.30. The first-order chi connectivity index (χ1) is 7.75. The van der Waals surface area contributed by atoms with Crippen molar-refractivity contribution in [3.8, 4) is 5.75 Å². The number of aliphatic hydroxyl groups is 1. The van der Waals surface area contributed by atoms with Crippen molar-refractivity contribution < 1.29 is 14.6 Å². The predicted molar refractivity (Wildman–Crippen MR) is 58.0 cm³/mol. The molecule has 0 spiro atoms. The fraction of sp³-hybridized carbons (Fsp3) is 0.417. The van der Waals surface area contributed by atoms with Crippen LogP contribution >= 0.6 is 0 Å². The maximum absolute atomic E-state index is 11.6. The van der Waals surface area contributed by atoms with Crippen LogP contribution in [0.4, 0.5) is 0 Å². The van der Waals surface area contributed by atoms with E-state index in [1.54, 1.807) is 29.2 Å². The van der Waals surface area contributed by atoms with Crippen LogP contribution in [0.25, 0.3) is 0 Å². The number of carbonyl (C=O) groups excluding carboxylic acids is 1. The number of amides is 1. The minimum atomic E-state index is -0.381. The molecule has 4 heteroatoms. The molecular weight excluding hydrogens is 206 g/mol. The molecule has 1 aliphatic heterocycles. The van der Waals surface area contributed by atoms with Crippen LogP contribution in [-0.2, 0) is 4.79 Å². The molecule has 0 aliphatic carbocycles. The monoisotopic (exact) mass is 220 g/mol. The number of ether oxygens (including phenoxy) is 1. The number of hydrogen-bond acceptors (Lipinski definition) is 3. The number of nitrogens with zero attached hydrogens (tertiary/aromatic N) is 1. The van der Waals surface area contributed by atoms with E-state index in [1.807, 2.05) is 0 Å². The van der Waals surface area contributed by atoms with E-state index in [1.165, 1.54) is 0 Å². The lowest BCUT2D eigenvalue weighted by molar-refractivity contribution is -0.132. The summed E-state index contributed by atoms with van der Waals surface area (Å²) in [5, 5.41) is 9.29. The Balaban J connectivity index is 1.80. The molecule has 1 N–H and O–H groups in total. The second-order valence-electron chi connectivity index (χ2n) is 3.81. The second kappa shape index (κ2) is 4.99. The number of rotatable bonds is 3. The third kappa shape index (κ3) is 2.73.